The van der Waals surface area contributed by atoms with E-state index in [1.807, 2.05) is 29.2 Å². The minimum Gasteiger partial charge on any atom is -0.466 e. The van der Waals surface area contributed by atoms with E-state index in [1.165, 1.54) is 11.3 Å². The third kappa shape index (κ3) is 4.70. The van der Waals surface area contributed by atoms with Crippen LogP contribution < -0.4 is 11.5 Å². The molecule has 0 radical (unpaired) electrons. The lowest BCUT2D eigenvalue weighted by Crippen LogP contribution is -2.55. The fourth-order valence-corrected chi connectivity index (χ4v) is 6.32. The highest BCUT2D eigenvalue weighted by Gasteiger charge is 2.46. The molecule has 2 aliphatic heterocycles. The summed E-state index contributed by atoms with van der Waals surface area (Å²) >= 11 is 1.45. The van der Waals surface area contributed by atoms with Gasteiger partial charge in [0.05, 0.1) is 22.6 Å². The number of esters is 1. The zero-order valence-corrected chi connectivity index (χ0v) is 19.9. The standard InChI is InChI=1S/C24H32N4O4S/c1-2-32-23(31)24(14-19(25)29)10-5-11-28(15-24)16-8-12-27(13-9-16)22(30)20-17-6-3-4-7-18(17)33-21(20)26/h3-4,6-7,16H,2,5,8-15,26H2,1H3,(H2,25,29). The molecule has 33 heavy (non-hydrogen) atoms. The van der Waals surface area contributed by atoms with Crippen molar-refractivity contribution < 1.29 is 19.1 Å². The summed E-state index contributed by atoms with van der Waals surface area (Å²) in [4.78, 5) is 42.0. The lowest BCUT2D eigenvalue weighted by Gasteiger charge is -2.46. The van der Waals surface area contributed by atoms with Gasteiger partial charge in [0.15, 0.2) is 0 Å². The molecule has 9 heteroatoms. The van der Waals surface area contributed by atoms with Crippen molar-refractivity contribution in [3.63, 3.8) is 0 Å². The molecule has 4 N–H and O–H groups in total. The Morgan fingerprint density at radius 2 is 1.91 bits per heavy atom. The normalized spacial score (nSPS) is 22.4. The van der Waals surface area contributed by atoms with Crippen molar-refractivity contribution in [2.45, 2.75) is 45.1 Å². The van der Waals surface area contributed by atoms with Crippen LogP contribution in [0.25, 0.3) is 10.1 Å². The van der Waals surface area contributed by atoms with Gasteiger partial charge in [-0.05, 0) is 45.2 Å². The van der Waals surface area contributed by atoms with Gasteiger partial charge in [-0.1, -0.05) is 18.2 Å². The largest absolute Gasteiger partial charge is 0.466 e. The third-order valence-electron chi connectivity index (χ3n) is 6.93. The zero-order chi connectivity index (χ0) is 23.6. The van der Waals surface area contributed by atoms with Crippen molar-refractivity contribution in [3.05, 3.63) is 29.8 Å². The van der Waals surface area contributed by atoms with Crippen LogP contribution in [0.5, 0.6) is 0 Å². The number of nitrogens with two attached hydrogens (primary N) is 2. The molecule has 2 fully saturated rings. The van der Waals surface area contributed by atoms with E-state index < -0.39 is 11.3 Å². The first-order chi connectivity index (χ1) is 15.8. The zero-order valence-electron chi connectivity index (χ0n) is 19.0. The second-order valence-corrected chi connectivity index (χ2v) is 10.2. The van der Waals surface area contributed by atoms with Crippen molar-refractivity contribution in [3.8, 4) is 0 Å². The highest BCUT2D eigenvalue weighted by atomic mass is 32.1. The van der Waals surface area contributed by atoms with E-state index >= 15 is 0 Å². The van der Waals surface area contributed by atoms with Crippen LogP contribution in [0.1, 0.15) is 49.4 Å². The first-order valence-corrected chi connectivity index (χ1v) is 12.4. The number of nitrogens with zero attached hydrogens (tertiary/aromatic N) is 2. The van der Waals surface area contributed by atoms with E-state index in [-0.39, 0.29) is 30.9 Å². The van der Waals surface area contributed by atoms with Gasteiger partial charge in [0, 0.05) is 42.2 Å². The summed E-state index contributed by atoms with van der Waals surface area (Å²) in [5.74, 6) is -0.830. The predicted octanol–water partition coefficient (Wildman–Crippen LogP) is 2.61. The molecule has 3 heterocycles. The van der Waals surface area contributed by atoms with E-state index in [1.54, 1.807) is 6.92 Å². The topological polar surface area (TPSA) is 119 Å². The van der Waals surface area contributed by atoms with Gasteiger partial charge in [-0.15, -0.1) is 11.3 Å². The number of thiophene rings is 1. The molecule has 1 aromatic heterocycles. The van der Waals surface area contributed by atoms with Gasteiger partial charge < -0.3 is 21.1 Å². The molecule has 8 nitrogen and oxygen atoms in total. The molecule has 2 aromatic rings. The molecule has 1 unspecified atom stereocenters. The van der Waals surface area contributed by atoms with Crippen LogP contribution >= 0.6 is 11.3 Å². The number of anilines is 1. The van der Waals surface area contributed by atoms with Gasteiger partial charge in [0.1, 0.15) is 0 Å². The number of fused-ring (bicyclic) bond motifs is 1. The molecule has 0 aliphatic carbocycles. The maximum Gasteiger partial charge on any atom is 0.313 e. The summed E-state index contributed by atoms with van der Waals surface area (Å²) < 4.78 is 6.34. The minimum atomic E-state index is -0.878. The number of hydrogen-bond acceptors (Lipinski definition) is 7. The quantitative estimate of drug-likeness (QED) is 0.624. The first-order valence-electron chi connectivity index (χ1n) is 11.6. The van der Waals surface area contributed by atoms with Crippen LogP contribution in [0, 0.1) is 5.41 Å². The van der Waals surface area contributed by atoms with Crippen molar-refractivity contribution in [2.24, 2.45) is 11.1 Å². The van der Waals surface area contributed by atoms with Crippen LogP contribution in [0.2, 0.25) is 0 Å². The molecule has 2 amide bonds. The van der Waals surface area contributed by atoms with Crippen LogP contribution in [-0.4, -0.2) is 66.4 Å². The second-order valence-electron chi connectivity index (χ2n) is 9.08. The highest BCUT2D eigenvalue weighted by Crippen LogP contribution is 2.38. The maximum absolute atomic E-state index is 13.3. The number of carbonyl (C=O) groups is 3. The molecule has 0 spiro atoms. The van der Waals surface area contributed by atoms with E-state index in [4.69, 9.17) is 16.2 Å². The number of hydrogen-bond donors (Lipinski definition) is 2. The number of piperidine rings is 2. The number of benzene rings is 1. The number of amides is 2. The van der Waals surface area contributed by atoms with Gasteiger partial charge in [-0.2, -0.15) is 0 Å². The molecule has 0 bridgehead atoms. The average Bonchev–Trinajstić information content (AvgIpc) is 3.14. The Morgan fingerprint density at radius 1 is 1.18 bits per heavy atom. The maximum atomic E-state index is 13.3. The number of nitrogen functional groups attached to an aromatic ring is 1. The summed E-state index contributed by atoms with van der Waals surface area (Å²) in [6, 6.07) is 8.05. The lowest BCUT2D eigenvalue weighted by atomic mass is 9.76. The lowest BCUT2D eigenvalue weighted by molar-refractivity contribution is -0.162. The van der Waals surface area contributed by atoms with Crippen LogP contribution in [0.3, 0.4) is 0 Å². The van der Waals surface area contributed by atoms with Gasteiger partial charge in [0.2, 0.25) is 5.91 Å². The Bertz CT molecular complexity index is 1050. The molecular weight excluding hydrogens is 440 g/mol. The molecule has 2 aliphatic rings. The number of primary amides is 1. The molecular formula is C24H32N4O4S. The van der Waals surface area contributed by atoms with Gasteiger partial charge in [-0.3, -0.25) is 19.3 Å². The van der Waals surface area contributed by atoms with Crippen LogP contribution in [0.15, 0.2) is 24.3 Å². The Hall–Kier alpha value is -2.65. The molecule has 1 aromatic carbocycles. The smallest absolute Gasteiger partial charge is 0.313 e. The summed E-state index contributed by atoms with van der Waals surface area (Å²) in [7, 11) is 0. The molecule has 1 atom stereocenters. The fraction of sp³-hybridized carbons (Fsp3) is 0.542. The average molecular weight is 473 g/mol. The van der Waals surface area contributed by atoms with Crippen molar-refractivity contribution in [1.29, 1.82) is 0 Å². The van der Waals surface area contributed by atoms with Crippen LogP contribution in [0.4, 0.5) is 5.00 Å². The van der Waals surface area contributed by atoms with Gasteiger partial charge >= 0.3 is 5.97 Å². The highest BCUT2D eigenvalue weighted by molar-refractivity contribution is 7.23. The number of rotatable bonds is 6. The minimum absolute atomic E-state index is 0.00414. The van der Waals surface area contributed by atoms with Crippen molar-refractivity contribution in [1.82, 2.24) is 9.80 Å². The Labute approximate surface area is 197 Å². The van der Waals surface area contributed by atoms with E-state index in [0.29, 0.717) is 36.6 Å². The first kappa shape index (κ1) is 23.5. The van der Waals surface area contributed by atoms with Gasteiger partial charge in [-0.25, -0.2) is 0 Å². The van der Waals surface area contributed by atoms with Crippen LogP contribution in [-0.2, 0) is 14.3 Å². The van der Waals surface area contributed by atoms with Crippen molar-refractivity contribution >= 4 is 44.2 Å². The fourth-order valence-electron chi connectivity index (χ4n) is 5.36. The number of likely N-dealkylation sites (tertiary alicyclic amines) is 2. The monoisotopic (exact) mass is 472 g/mol. The predicted molar refractivity (Wildman–Crippen MR) is 129 cm³/mol. The summed E-state index contributed by atoms with van der Waals surface area (Å²) in [6.45, 7) is 4.64. The number of ether oxygens (including phenoxy) is 1. The van der Waals surface area contributed by atoms with E-state index in [2.05, 4.69) is 4.90 Å². The summed E-state index contributed by atoms with van der Waals surface area (Å²) in [6.07, 6.45) is 3.03. The molecule has 178 valence electrons. The molecule has 0 saturated carbocycles. The van der Waals surface area contributed by atoms with Gasteiger partial charge in [0.25, 0.3) is 5.91 Å². The summed E-state index contributed by atoms with van der Waals surface area (Å²) in [5.41, 5.74) is 11.4. The van der Waals surface area contributed by atoms with E-state index in [0.717, 1.165) is 35.9 Å². The Balaban J connectivity index is 1.44. The van der Waals surface area contributed by atoms with E-state index in [9.17, 15) is 14.4 Å². The second kappa shape index (κ2) is 9.69. The SMILES string of the molecule is CCOC(=O)C1(CC(N)=O)CCCN(C2CCN(C(=O)c3c(N)sc4ccccc34)CC2)C1. The Morgan fingerprint density at radius 3 is 2.61 bits per heavy atom. The molecule has 2 saturated heterocycles. The third-order valence-corrected chi connectivity index (χ3v) is 7.93. The van der Waals surface area contributed by atoms with Crippen molar-refractivity contribution in [2.75, 3.05) is 38.5 Å². The molecule has 4 rings (SSSR count). The summed E-state index contributed by atoms with van der Waals surface area (Å²) in [5, 5.41) is 1.47. The number of carbonyl (C=O) groups excluding carboxylic acids is 3. The Kier molecular flexibility index (Phi) is 6.90.